The molecule has 0 aliphatic carbocycles. The van der Waals surface area contributed by atoms with E-state index < -0.39 is 6.03 Å². The van der Waals surface area contributed by atoms with E-state index in [1.165, 1.54) is 29.2 Å². The molecule has 7 nitrogen and oxygen atoms in total. The van der Waals surface area contributed by atoms with Crippen molar-refractivity contribution in [1.82, 2.24) is 9.97 Å². The van der Waals surface area contributed by atoms with Gasteiger partial charge in [-0.25, -0.2) is 19.1 Å². The van der Waals surface area contributed by atoms with Crippen LogP contribution in [-0.2, 0) is 4.74 Å². The van der Waals surface area contributed by atoms with Crippen LogP contribution in [0.3, 0.4) is 0 Å². The molecule has 29 heavy (non-hydrogen) atoms. The number of para-hydroxylation sites is 1. The van der Waals surface area contributed by atoms with Gasteiger partial charge in [0, 0.05) is 31.1 Å². The lowest BCUT2D eigenvalue weighted by Crippen LogP contribution is -2.32. The van der Waals surface area contributed by atoms with Gasteiger partial charge in [-0.1, -0.05) is 18.2 Å². The van der Waals surface area contributed by atoms with Gasteiger partial charge in [-0.3, -0.25) is 0 Å². The summed E-state index contributed by atoms with van der Waals surface area (Å²) in [5, 5.41) is 5.90. The van der Waals surface area contributed by atoms with Crippen LogP contribution in [0.4, 0.5) is 32.3 Å². The van der Waals surface area contributed by atoms with Gasteiger partial charge in [-0.05, 0) is 43.3 Å². The van der Waals surface area contributed by atoms with Crippen molar-refractivity contribution in [3.05, 3.63) is 72.7 Å². The molecule has 0 aliphatic rings. The van der Waals surface area contributed by atoms with Crippen LogP contribution in [0.25, 0.3) is 0 Å². The van der Waals surface area contributed by atoms with Gasteiger partial charge >= 0.3 is 6.03 Å². The molecular weight excluding hydrogens is 373 g/mol. The van der Waals surface area contributed by atoms with Crippen LogP contribution in [-0.4, -0.2) is 35.8 Å². The molecule has 1 unspecified atom stereocenters. The Morgan fingerprint density at radius 1 is 1.14 bits per heavy atom. The van der Waals surface area contributed by atoms with E-state index in [0.717, 1.165) is 0 Å². The fourth-order valence-corrected chi connectivity index (χ4v) is 2.70. The molecule has 0 saturated carbocycles. The number of rotatable bonds is 7. The van der Waals surface area contributed by atoms with Crippen molar-refractivity contribution >= 4 is 29.2 Å². The number of carbonyl (C=O) groups excluding carboxylic acids is 1. The molecule has 1 heterocycles. The van der Waals surface area contributed by atoms with Gasteiger partial charge in [-0.2, -0.15) is 4.98 Å². The Labute approximate surface area is 168 Å². The van der Waals surface area contributed by atoms with E-state index in [9.17, 15) is 9.18 Å². The quantitative estimate of drug-likeness (QED) is 0.619. The van der Waals surface area contributed by atoms with Gasteiger partial charge in [0.1, 0.15) is 11.6 Å². The summed E-state index contributed by atoms with van der Waals surface area (Å²) < 4.78 is 18.3. The first-order valence-corrected chi connectivity index (χ1v) is 9.07. The molecule has 2 N–H and O–H groups in total. The number of halogens is 1. The Kier molecular flexibility index (Phi) is 6.70. The number of anilines is 4. The third-order valence-electron chi connectivity index (χ3n) is 3.98. The summed E-state index contributed by atoms with van der Waals surface area (Å²) >= 11 is 0. The van der Waals surface area contributed by atoms with E-state index in [1.54, 1.807) is 31.5 Å². The highest BCUT2D eigenvalue weighted by Gasteiger charge is 2.20. The number of hydrogen-bond acceptors (Lipinski definition) is 5. The van der Waals surface area contributed by atoms with Crippen molar-refractivity contribution in [2.45, 2.75) is 13.0 Å². The third kappa shape index (κ3) is 5.49. The number of urea groups is 1. The van der Waals surface area contributed by atoms with Crippen LogP contribution in [0.1, 0.15) is 6.92 Å². The summed E-state index contributed by atoms with van der Waals surface area (Å²) in [5.41, 5.74) is 1.10. The Morgan fingerprint density at radius 3 is 2.55 bits per heavy atom. The minimum atomic E-state index is -0.433. The number of aromatic nitrogens is 2. The van der Waals surface area contributed by atoms with Crippen LogP contribution in [0.15, 0.2) is 66.9 Å². The van der Waals surface area contributed by atoms with Gasteiger partial charge in [-0.15, -0.1) is 0 Å². The summed E-state index contributed by atoms with van der Waals surface area (Å²) in [7, 11) is 1.62. The highest BCUT2D eigenvalue weighted by atomic mass is 19.1. The van der Waals surface area contributed by atoms with Crippen molar-refractivity contribution in [1.29, 1.82) is 0 Å². The van der Waals surface area contributed by atoms with Crippen molar-refractivity contribution in [2.24, 2.45) is 0 Å². The minimum Gasteiger partial charge on any atom is -0.383 e. The smallest absolute Gasteiger partial charge is 0.332 e. The number of ether oxygens (including phenoxy) is 1. The number of amides is 2. The van der Waals surface area contributed by atoms with E-state index in [4.69, 9.17) is 4.74 Å². The largest absolute Gasteiger partial charge is 0.383 e. The average molecular weight is 395 g/mol. The van der Waals surface area contributed by atoms with Crippen molar-refractivity contribution in [3.63, 3.8) is 0 Å². The Hall–Kier alpha value is -3.52. The Balaban J connectivity index is 1.90. The van der Waals surface area contributed by atoms with Crippen molar-refractivity contribution in [2.75, 3.05) is 29.3 Å². The highest BCUT2D eigenvalue weighted by Crippen LogP contribution is 2.25. The van der Waals surface area contributed by atoms with Crippen molar-refractivity contribution < 1.29 is 13.9 Å². The molecule has 2 amide bonds. The number of methoxy groups -OCH3 is 1. The van der Waals surface area contributed by atoms with Crippen LogP contribution in [0.5, 0.6) is 0 Å². The topological polar surface area (TPSA) is 79.4 Å². The summed E-state index contributed by atoms with van der Waals surface area (Å²) in [6.45, 7) is 2.43. The maximum atomic E-state index is 13.2. The first-order chi connectivity index (χ1) is 14.1. The number of nitrogens with zero attached hydrogens (tertiary/aromatic N) is 3. The first kappa shape index (κ1) is 20.2. The maximum absolute atomic E-state index is 13.2. The molecule has 0 fully saturated rings. The molecule has 3 rings (SSSR count). The predicted octanol–water partition coefficient (Wildman–Crippen LogP) is 4.43. The molecule has 0 spiro atoms. The first-order valence-electron chi connectivity index (χ1n) is 9.07. The molecule has 0 bridgehead atoms. The zero-order valence-corrected chi connectivity index (χ0v) is 16.2. The van der Waals surface area contributed by atoms with Crippen LogP contribution in [0.2, 0.25) is 0 Å². The number of nitrogens with one attached hydrogen (secondary N) is 2. The fourth-order valence-electron chi connectivity index (χ4n) is 2.70. The number of carbonyl (C=O) groups is 1. The monoisotopic (exact) mass is 395 g/mol. The lowest BCUT2D eigenvalue weighted by molar-refractivity contribution is 0.190. The third-order valence-corrected chi connectivity index (χ3v) is 3.98. The molecule has 3 aromatic rings. The maximum Gasteiger partial charge on any atom is 0.332 e. The van der Waals surface area contributed by atoms with Gasteiger partial charge in [0.05, 0.1) is 12.3 Å². The van der Waals surface area contributed by atoms with Gasteiger partial charge < -0.3 is 15.4 Å². The molecule has 8 heteroatoms. The summed E-state index contributed by atoms with van der Waals surface area (Å²) in [6.07, 6.45) is 1.57. The van der Waals surface area contributed by atoms with E-state index in [0.29, 0.717) is 29.7 Å². The Bertz CT molecular complexity index is 937. The molecule has 2 aromatic carbocycles. The van der Waals surface area contributed by atoms with Crippen LogP contribution in [0, 0.1) is 5.82 Å². The predicted molar refractivity (Wildman–Crippen MR) is 111 cm³/mol. The van der Waals surface area contributed by atoms with Crippen molar-refractivity contribution in [3.8, 4) is 0 Å². The molecule has 0 radical (unpaired) electrons. The van der Waals surface area contributed by atoms with E-state index >= 15 is 0 Å². The SMILES string of the molecule is COCC(C)Nc1nccc(N(C(=O)Nc2ccc(F)cc2)c2ccccc2)n1. The minimum absolute atomic E-state index is 0.00605. The lowest BCUT2D eigenvalue weighted by atomic mass is 10.3. The molecule has 150 valence electrons. The molecular formula is C21H22FN5O2. The summed E-state index contributed by atoms with van der Waals surface area (Å²) in [6, 6.07) is 15.9. The summed E-state index contributed by atoms with van der Waals surface area (Å²) in [4.78, 5) is 23.2. The van der Waals surface area contributed by atoms with Gasteiger partial charge in [0.25, 0.3) is 0 Å². The highest BCUT2D eigenvalue weighted by molar-refractivity contribution is 6.06. The second-order valence-electron chi connectivity index (χ2n) is 6.35. The van der Waals surface area contributed by atoms with E-state index in [1.807, 2.05) is 25.1 Å². The number of benzene rings is 2. The number of hydrogen-bond donors (Lipinski definition) is 2. The summed E-state index contributed by atoms with van der Waals surface area (Å²) in [5.74, 6) is 0.389. The normalized spacial score (nSPS) is 11.6. The second kappa shape index (κ2) is 9.61. The molecule has 0 saturated heterocycles. The van der Waals surface area contributed by atoms with Gasteiger partial charge in [0.2, 0.25) is 5.95 Å². The standard InChI is InChI=1S/C21H22FN5O2/c1-15(14-29-2)24-20-23-13-12-19(26-20)27(18-6-4-3-5-7-18)21(28)25-17-10-8-16(22)9-11-17/h3-13,15H,14H2,1-2H3,(H,25,28)(H,23,24,26). The second-order valence-corrected chi connectivity index (χ2v) is 6.35. The molecule has 0 aliphatic heterocycles. The van der Waals surface area contributed by atoms with E-state index in [-0.39, 0.29) is 11.9 Å². The van der Waals surface area contributed by atoms with E-state index in [2.05, 4.69) is 20.6 Å². The average Bonchev–Trinajstić information content (AvgIpc) is 2.71. The zero-order valence-electron chi connectivity index (χ0n) is 16.2. The fraction of sp³-hybridized carbons (Fsp3) is 0.190. The lowest BCUT2D eigenvalue weighted by Gasteiger charge is -2.23. The zero-order chi connectivity index (χ0) is 20.6. The van der Waals surface area contributed by atoms with Gasteiger partial charge in [0.15, 0.2) is 0 Å². The Morgan fingerprint density at radius 2 is 1.86 bits per heavy atom. The molecule has 1 atom stereocenters. The van der Waals surface area contributed by atoms with Crippen LogP contribution < -0.4 is 15.5 Å². The van der Waals surface area contributed by atoms with Crippen LogP contribution >= 0.6 is 0 Å². The molecule has 1 aromatic heterocycles.